The van der Waals surface area contributed by atoms with Crippen molar-refractivity contribution in [2.75, 3.05) is 5.32 Å². The molecule has 0 spiro atoms. The van der Waals surface area contributed by atoms with Crippen molar-refractivity contribution in [3.05, 3.63) is 64.0 Å². The van der Waals surface area contributed by atoms with Gasteiger partial charge in [0.25, 0.3) is 5.56 Å². The van der Waals surface area contributed by atoms with Gasteiger partial charge in [-0.1, -0.05) is 11.6 Å². The van der Waals surface area contributed by atoms with Gasteiger partial charge in [0, 0.05) is 11.9 Å². The third-order valence-corrected chi connectivity index (χ3v) is 3.40. The highest BCUT2D eigenvalue weighted by Gasteiger charge is 2.09. The molecule has 1 amide bonds. The Hall–Kier alpha value is -2.80. The van der Waals surface area contributed by atoms with Crippen molar-refractivity contribution in [3.8, 4) is 0 Å². The molecule has 3 aromatic rings. The summed E-state index contributed by atoms with van der Waals surface area (Å²) in [5.41, 5.74) is 0.291. The van der Waals surface area contributed by atoms with Crippen molar-refractivity contribution in [1.29, 1.82) is 0 Å². The van der Waals surface area contributed by atoms with E-state index in [0.717, 1.165) is 6.07 Å². The van der Waals surface area contributed by atoms with Gasteiger partial charge in [-0.2, -0.15) is 0 Å². The first-order valence-corrected chi connectivity index (χ1v) is 6.97. The molecule has 0 radical (unpaired) electrons. The van der Waals surface area contributed by atoms with Gasteiger partial charge in [-0.25, -0.2) is 14.4 Å². The molecule has 1 N–H and O–H groups in total. The van der Waals surface area contributed by atoms with E-state index in [1.165, 1.54) is 29.2 Å². The summed E-state index contributed by atoms with van der Waals surface area (Å²) >= 11 is 5.65. The van der Waals surface area contributed by atoms with Gasteiger partial charge >= 0.3 is 0 Å². The Labute approximate surface area is 134 Å². The summed E-state index contributed by atoms with van der Waals surface area (Å²) in [6, 6.07) is 7.03. The molecule has 0 aliphatic carbocycles. The maximum Gasteiger partial charge on any atom is 0.263 e. The molecular formula is C15H10ClFN4O2. The lowest BCUT2D eigenvalue weighted by molar-refractivity contribution is -0.116. The summed E-state index contributed by atoms with van der Waals surface area (Å²) in [4.78, 5) is 32.3. The number of hydrogen-bond acceptors (Lipinski definition) is 4. The molecule has 2 heterocycles. The van der Waals surface area contributed by atoms with Crippen LogP contribution in [0.5, 0.6) is 0 Å². The number of anilines is 1. The molecule has 0 saturated heterocycles. The number of nitrogens with zero attached hydrogens (tertiary/aromatic N) is 3. The molecule has 0 unspecified atom stereocenters. The summed E-state index contributed by atoms with van der Waals surface area (Å²) in [5, 5.41) is 2.77. The maximum absolute atomic E-state index is 13.1. The Kier molecular flexibility index (Phi) is 4.03. The number of amides is 1. The molecule has 0 aliphatic rings. The molecule has 6 nitrogen and oxygen atoms in total. The Bertz CT molecular complexity index is 958. The van der Waals surface area contributed by atoms with Crippen molar-refractivity contribution in [1.82, 2.24) is 14.5 Å². The van der Waals surface area contributed by atoms with Gasteiger partial charge in [-0.15, -0.1) is 0 Å². The standard InChI is InChI=1S/C15H10ClFN4O2/c16-11-6-9(3-4-12(11)17)20-13(22)7-21-8-19-14-10(15(21)23)2-1-5-18-14/h1-6,8H,7H2,(H,20,22). The second kappa shape index (κ2) is 6.13. The van der Waals surface area contributed by atoms with Crippen LogP contribution in [-0.4, -0.2) is 20.4 Å². The van der Waals surface area contributed by atoms with Gasteiger partial charge in [0.1, 0.15) is 18.7 Å². The molecule has 0 fully saturated rings. The smallest absolute Gasteiger partial charge is 0.263 e. The van der Waals surface area contributed by atoms with Crippen LogP contribution in [0.15, 0.2) is 47.7 Å². The number of fused-ring (bicyclic) bond motifs is 1. The molecule has 8 heteroatoms. The summed E-state index contributed by atoms with van der Waals surface area (Å²) in [5.74, 6) is -1.04. The Morgan fingerprint density at radius 1 is 1.30 bits per heavy atom. The molecule has 0 aliphatic heterocycles. The van der Waals surface area contributed by atoms with Gasteiger partial charge < -0.3 is 5.32 Å². The van der Waals surface area contributed by atoms with E-state index in [-0.39, 0.29) is 17.1 Å². The van der Waals surface area contributed by atoms with Crippen molar-refractivity contribution in [2.45, 2.75) is 6.54 Å². The highest BCUT2D eigenvalue weighted by Crippen LogP contribution is 2.19. The fraction of sp³-hybridized carbons (Fsp3) is 0.0667. The fourth-order valence-corrected chi connectivity index (χ4v) is 2.22. The monoisotopic (exact) mass is 332 g/mol. The van der Waals surface area contributed by atoms with Crippen LogP contribution in [0.3, 0.4) is 0 Å². The molecule has 2 aromatic heterocycles. The lowest BCUT2D eigenvalue weighted by Gasteiger charge is -2.08. The van der Waals surface area contributed by atoms with Crippen molar-refractivity contribution < 1.29 is 9.18 Å². The molecular weight excluding hydrogens is 323 g/mol. The van der Waals surface area contributed by atoms with E-state index >= 15 is 0 Å². The summed E-state index contributed by atoms with van der Waals surface area (Å²) in [7, 11) is 0. The van der Waals surface area contributed by atoms with E-state index in [9.17, 15) is 14.0 Å². The summed E-state index contributed by atoms with van der Waals surface area (Å²) < 4.78 is 14.3. The largest absolute Gasteiger partial charge is 0.324 e. The molecule has 3 rings (SSSR count). The fourth-order valence-electron chi connectivity index (χ4n) is 2.04. The van der Waals surface area contributed by atoms with Crippen LogP contribution in [0.2, 0.25) is 5.02 Å². The first-order valence-electron chi connectivity index (χ1n) is 6.59. The molecule has 23 heavy (non-hydrogen) atoms. The minimum atomic E-state index is -0.577. The first kappa shape index (κ1) is 15.1. The number of hydrogen-bond donors (Lipinski definition) is 1. The Morgan fingerprint density at radius 3 is 2.91 bits per heavy atom. The molecule has 116 valence electrons. The highest BCUT2D eigenvalue weighted by molar-refractivity contribution is 6.31. The number of rotatable bonds is 3. The Balaban J connectivity index is 1.81. The van der Waals surface area contributed by atoms with E-state index in [0.29, 0.717) is 16.7 Å². The zero-order valence-electron chi connectivity index (χ0n) is 11.7. The lowest BCUT2D eigenvalue weighted by Crippen LogP contribution is -2.28. The lowest BCUT2D eigenvalue weighted by atomic mass is 10.3. The molecule has 0 bridgehead atoms. The van der Waals surface area contributed by atoms with Crippen molar-refractivity contribution in [2.24, 2.45) is 0 Å². The predicted octanol–water partition coefficient (Wildman–Crippen LogP) is 2.22. The summed E-state index contributed by atoms with van der Waals surface area (Å²) in [6.45, 7) is -0.230. The van der Waals surface area contributed by atoms with Gasteiger partial charge in [0.2, 0.25) is 5.91 Å². The van der Waals surface area contributed by atoms with E-state index in [4.69, 9.17) is 11.6 Å². The van der Waals surface area contributed by atoms with Gasteiger partial charge in [-0.05, 0) is 30.3 Å². The van der Waals surface area contributed by atoms with Crippen LogP contribution in [-0.2, 0) is 11.3 Å². The predicted molar refractivity (Wildman–Crippen MR) is 83.8 cm³/mol. The van der Waals surface area contributed by atoms with E-state index in [1.807, 2.05) is 0 Å². The second-order valence-electron chi connectivity index (χ2n) is 4.73. The maximum atomic E-state index is 13.1. The average molecular weight is 333 g/mol. The SMILES string of the molecule is O=C(Cn1cnc2ncccc2c1=O)Nc1ccc(F)c(Cl)c1. The Morgan fingerprint density at radius 2 is 2.13 bits per heavy atom. The number of aromatic nitrogens is 3. The molecule has 0 atom stereocenters. The average Bonchev–Trinajstić information content (AvgIpc) is 2.54. The van der Waals surface area contributed by atoms with E-state index < -0.39 is 11.7 Å². The second-order valence-corrected chi connectivity index (χ2v) is 5.14. The number of pyridine rings is 1. The normalized spacial score (nSPS) is 10.7. The number of halogens is 2. The van der Waals surface area contributed by atoms with Gasteiger partial charge in [0.15, 0.2) is 5.65 Å². The minimum absolute atomic E-state index is 0.0987. The van der Waals surface area contributed by atoms with Crippen LogP contribution < -0.4 is 10.9 Å². The number of nitrogens with one attached hydrogen (secondary N) is 1. The van der Waals surface area contributed by atoms with Crippen LogP contribution in [0.25, 0.3) is 11.0 Å². The highest BCUT2D eigenvalue weighted by atomic mass is 35.5. The van der Waals surface area contributed by atoms with Crippen molar-refractivity contribution in [3.63, 3.8) is 0 Å². The zero-order chi connectivity index (χ0) is 16.4. The zero-order valence-corrected chi connectivity index (χ0v) is 12.4. The van der Waals surface area contributed by atoms with E-state index in [2.05, 4.69) is 15.3 Å². The number of benzene rings is 1. The van der Waals surface area contributed by atoms with Gasteiger partial charge in [-0.3, -0.25) is 14.2 Å². The molecule has 1 aromatic carbocycles. The van der Waals surface area contributed by atoms with Crippen LogP contribution >= 0.6 is 11.6 Å². The van der Waals surface area contributed by atoms with Crippen molar-refractivity contribution >= 4 is 34.2 Å². The van der Waals surface area contributed by atoms with Crippen LogP contribution in [0, 0.1) is 5.82 Å². The minimum Gasteiger partial charge on any atom is -0.324 e. The first-order chi connectivity index (χ1) is 11.0. The summed E-state index contributed by atoms with van der Waals surface area (Å²) in [6.07, 6.45) is 2.79. The van der Waals surface area contributed by atoms with Gasteiger partial charge in [0.05, 0.1) is 10.4 Å². The number of carbonyl (C=O) groups is 1. The topological polar surface area (TPSA) is 76.9 Å². The molecule has 0 saturated carbocycles. The van der Waals surface area contributed by atoms with Crippen LogP contribution in [0.4, 0.5) is 10.1 Å². The van der Waals surface area contributed by atoms with E-state index in [1.54, 1.807) is 12.1 Å². The number of carbonyl (C=O) groups excluding carboxylic acids is 1. The van der Waals surface area contributed by atoms with Crippen LogP contribution in [0.1, 0.15) is 0 Å². The third kappa shape index (κ3) is 3.19. The quantitative estimate of drug-likeness (QED) is 0.798. The third-order valence-electron chi connectivity index (χ3n) is 3.11.